The summed E-state index contributed by atoms with van der Waals surface area (Å²) in [5.74, 6) is -0.343. The fourth-order valence-electron chi connectivity index (χ4n) is 8.84. The molecule has 3 fully saturated rings. The van der Waals surface area contributed by atoms with Gasteiger partial charge in [0.1, 0.15) is 23.2 Å². The van der Waals surface area contributed by atoms with Crippen molar-refractivity contribution >= 4 is 45.3 Å². The van der Waals surface area contributed by atoms with Crippen LogP contribution in [-0.4, -0.2) is 73.3 Å². The molecule has 8 rings (SSSR count). The minimum absolute atomic E-state index is 0.204. The number of fused-ring (bicyclic) bond motifs is 2. The number of imide groups is 1. The number of aryl methyl sites for hydroxylation is 1. The maximum absolute atomic E-state index is 13.4. The van der Waals surface area contributed by atoms with Crippen LogP contribution in [0.5, 0.6) is 5.75 Å². The number of benzene rings is 2. The molecule has 0 spiro atoms. The molecule has 294 valence electrons. The van der Waals surface area contributed by atoms with E-state index >= 15 is 0 Å². The van der Waals surface area contributed by atoms with E-state index in [0.29, 0.717) is 29.3 Å². The quantitative estimate of drug-likeness (QED) is 0.184. The highest BCUT2D eigenvalue weighted by molar-refractivity contribution is 6.05. The predicted molar refractivity (Wildman–Crippen MR) is 201 cm³/mol. The monoisotopic (exact) mass is 772 g/mol. The number of anilines is 1. The number of hydrogen-bond acceptors (Lipinski definition) is 8. The highest BCUT2D eigenvalue weighted by Gasteiger charge is 2.35. The number of hydrogen-bond donors (Lipinski definition) is 2. The van der Waals surface area contributed by atoms with Crippen LogP contribution in [-0.2, 0) is 22.8 Å². The van der Waals surface area contributed by atoms with Gasteiger partial charge in [0.25, 0.3) is 5.91 Å². The first-order valence-electron chi connectivity index (χ1n) is 19.1. The van der Waals surface area contributed by atoms with Crippen molar-refractivity contribution in [2.24, 2.45) is 13.0 Å². The lowest BCUT2D eigenvalue weighted by atomic mass is 9.84. The molecule has 2 aromatic carbocycles. The number of para-hydroxylation sites is 1. The van der Waals surface area contributed by atoms with E-state index in [1.807, 2.05) is 23.0 Å². The first-order valence-corrected chi connectivity index (χ1v) is 19.1. The number of amides is 3. The van der Waals surface area contributed by atoms with E-state index in [2.05, 4.69) is 26.6 Å². The lowest BCUT2D eigenvalue weighted by Gasteiger charge is -2.37. The number of methoxy groups -OCH3 is 1. The average molecular weight is 773 g/mol. The molecule has 56 heavy (non-hydrogen) atoms. The van der Waals surface area contributed by atoms with E-state index in [0.717, 1.165) is 92.3 Å². The first-order chi connectivity index (χ1) is 26.9. The van der Waals surface area contributed by atoms with E-state index in [1.54, 1.807) is 28.3 Å². The summed E-state index contributed by atoms with van der Waals surface area (Å²) in [6.07, 6.45) is 3.78. The van der Waals surface area contributed by atoms with Crippen LogP contribution in [0, 0.1) is 5.92 Å². The molecule has 3 aromatic heterocycles. The number of carbonyl (C=O) groups excluding carboxylic acids is 3. The lowest BCUT2D eigenvalue weighted by molar-refractivity contribution is -0.141. The number of halogens is 3. The van der Waals surface area contributed by atoms with Crippen LogP contribution in [0.15, 0.2) is 59.5 Å². The predicted octanol–water partition coefficient (Wildman–Crippen LogP) is 5.95. The second-order valence-electron chi connectivity index (χ2n) is 15.2. The molecule has 5 aromatic rings. The molecule has 3 amide bonds. The zero-order chi connectivity index (χ0) is 39.3. The van der Waals surface area contributed by atoms with E-state index in [4.69, 9.17) is 9.84 Å². The van der Waals surface area contributed by atoms with Crippen LogP contribution in [0.3, 0.4) is 0 Å². The van der Waals surface area contributed by atoms with Gasteiger partial charge < -0.3 is 15.0 Å². The summed E-state index contributed by atoms with van der Waals surface area (Å²) in [5, 5.41) is 10.6. The standard InChI is InChI=1S/C40H43F3N8O5/c1-48-36-27(5-3-7-31(36)51(39(48)55)32-13-14-35(52)46-38(32)54)24-15-17-49(18-16-24)21-23-9-11-26(12-10-23)50-22-25-19-30(33(56-2)20-29(25)47-50)45-37(53)28-6-4-8-34(44-28)40(41,42)43/h3-8,19-20,22-24,26,32H,9-18,21H2,1-2H3,(H,45,53)(H,46,52,54). The third kappa shape index (κ3) is 7.17. The van der Waals surface area contributed by atoms with Crippen LogP contribution in [0.2, 0.25) is 0 Å². The van der Waals surface area contributed by atoms with Gasteiger partial charge in [0.15, 0.2) is 0 Å². The summed E-state index contributed by atoms with van der Waals surface area (Å²) in [4.78, 5) is 56.8. The number of piperidine rings is 2. The van der Waals surface area contributed by atoms with Crippen molar-refractivity contribution in [3.8, 4) is 5.75 Å². The number of nitrogens with one attached hydrogen (secondary N) is 2. The number of pyridine rings is 1. The molecule has 1 atom stereocenters. The summed E-state index contributed by atoms with van der Waals surface area (Å²) >= 11 is 0. The summed E-state index contributed by atoms with van der Waals surface area (Å²) in [7, 11) is 3.21. The Kier molecular flexibility index (Phi) is 9.93. The van der Waals surface area contributed by atoms with Gasteiger partial charge in [-0.1, -0.05) is 18.2 Å². The van der Waals surface area contributed by atoms with Crippen molar-refractivity contribution in [1.82, 2.24) is 34.1 Å². The fraction of sp³-hybridized carbons (Fsp3) is 0.450. The van der Waals surface area contributed by atoms with Crippen LogP contribution in [0.25, 0.3) is 21.9 Å². The van der Waals surface area contributed by atoms with Crippen LogP contribution in [0.1, 0.15) is 91.1 Å². The van der Waals surface area contributed by atoms with E-state index in [1.165, 1.54) is 13.2 Å². The lowest BCUT2D eigenvalue weighted by Crippen LogP contribution is -2.44. The molecule has 16 heteroatoms. The minimum Gasteiger partial charge on any atom is -0.494 e. The number of likely N-dealkylation sites (tertiary alicyclic amines) is 1. The van der Waals surface area contributed by atoms with Crippen molar-refractivity contribution in [2.45, 2.75) is 75.5 Å². The molecule has 2 N–H and O–H groups in total. The number of imidazole rings is 1. The largest absolute Gasteiger partial charge is 0.494 e. The number of ether oxygens (including phenoxy) is 1. The Morgan fingerprint density at radius 2 is 1.73 bits per heavy atom. The zero-order valence-electron chi connectivity index (χ0n) is 31.1. The Balaban J connectivity index is 0.877. The molecule has 2 saturated heterocycles. The maximum atomic E-state index is 13.4. The van der Waals surface area contributed by atoms with Crippen LogP contribution >= 0.6 is 0 Å². The fourth-order valence-corrected chi connectivity index (χ4v) is 8.84. The Bertz CT molecular complexity index is 2380. The zero-order valence-corrected chi connectivity index (χ0v) is 31.1. The highest BCUT2D eigenvalue weighted by Crippen LogP contribution is 2.38. The second kappa shape index (κ2) is 14.9. The molecule has 2 aliphatic heterocycles. The maximum Gasteiger partial charge on any atom is 0.433 e. The number of carbonyl (C=O) groups is 3. The summed E-state index contributed by atoms with van der Waals surface area (Å²) in [5.41, 5.74) is 1.95. The molecular weight excluding hydrogens is 729 g/mol. The van der Waals surface area contributed by atoms with Crippen molar-refractivity contribution in [2.75, 3.05) is 32.1 Å². The van der Waals surface area contributed by atoms with Gasteiger partial charge in [-0.15, -0.1) is 0 Å². The van der Waals surface area contributed by atoms with E-state index in [-0.39, 0.29) is 35.7 Å². The minimum atomic E-state index is -4.67. The van der Waals surface area contributed by atoms with Crippen LogP contribution in [0.4, 0.5) is 18.9 Å². The Labute approximate surface area is 319 Å². The Morgan fingerprint density at radius 1 is 0.982 bits per heavy atom. The molecule has 0 radical (unpaired) electrons. The third-order valence-electron chi connectivity index (χ3n) is 11.8. The second-order valence-corrected chi connectivity index (χ2v) is 15.2. The Morgan fingerprint density at radius 3 is 2.45 bits per heavy atom. The molecular formula is C40H43F3N8O5. The topological polar surface area (TPSA) is 145 Å². The number of nitrogens with zero attached hydrogens (tertiary/aromatic N) is 6. The first kappa shape index (κ1) is 37.4. The third-order valence-corrected chi connectivity index (χ3v) is 11.8. The van der Waals surface area contributed by atoms with Crippen LogP contribution < -0.4 is 21.1 Å². The van der Waals surface area contributed by atoms with Gasteiger partial charge in [-0.2, -0.15) is 18.3 Å². The highest BCUT2D eigenvalue weighted by atomic mass is 19.4. The van der Waals surface area contributed by atoms with E-state index in [9.17, 15) is 32.3 Å². The van der Waals surface area contributed by atoms with Gasteiger partial charge in [-0.25, -0.2) is 9.78 Å². The summed E-state index contributed by atoms with van der Waals surface area (Å²) in [6.45, 7) is 2.94. The number of aromatic nitrogens is 5. The molecule has 0 bridgehead atoms. The molecule has 3 aliphatic rings. The van der Waals surface area contributed by atoms with Gasteiger partial charge in [0.05, 0.1) is 35.4 Å². The average Bonchev–Trinajstić information content (AvgIpc) is 3.72. The molecule has 13 nitrogen and oxygen atoms in total. The van der Waals surface area contributed by atoms with Gasteiger partial charge in [0.2, 0.25) is 11.8 Å². The van der Waals surface area contributed by atoms with Gasteiger partial charge in [-0.3, -0.25) is 33.5 Å². The molecule has 1 unspecified atom stereocenters. The normalized spacial score (nSPS) is 21.4. The molecule has 5 heterocycles. The molecule has 1 saturated carbocycles. The van der Waals surface area contributed by atoms with Crippen molar-refractivity contribution < 1.29 is 32.3 Å². The van der Waals surface area contributed by atoms with Crippen molar-refractivity contribution in [1.29, 1.82) is 0 Å². The van der Waals surface area contributed by atoms with Crippen molar-refractivity contribution in [3.63, 3.8) is 0 Å². The van der Waals surface area contributed by atoms with Gasteiger partial charge in [-0.05, 0) is 99.7 Å². The van der Waals surface area contributed by atoms with Crippen molar-refractivity contribution in [3.05, 3.63) is 82.2 Å². The van der Waals surface area contributed by atoms with Gasteiger partial charge in [0, 0.05) is 37.7 Å². The molecule has 1 aliphatic carbocycles. The SMILES string of the molecule is COc1cc2nn(C3CCC(CN4CCC(c5cccc6c5n(C)c(=O)n6C5CCC(=O)NC5=O)CC4)CC3)cc2cc1NC(=O)c1cccc(C(F)(F)F)n1. The summed E-state index contributed by atoms with van der Waals surface area (Å²) < 4.78 is 50.2. The summed E-state index contributed by atoms with van der Waals surface area (Å²) in [6, 6.07) is 12.1. The van der Waals surface area contributed by atoms with E-state index < -0.39 is 29.7 Å². The number of alkyl halides is 3. The number of rotatable bonds is 8. The smallest absolute Gasteiger partial charge is 0.433 e. The Hall–Kier alpha value is -5.51. The van der Waals surface area contributed by atoms with Gasteiger partial charge >= 0.3 is 11.9 Å².